The molecule has 0 spiro atoms. The molecule has 6 nitrogen and oxygen atoms in total. The average Bonchev–Trinajstić information content (AvgIpc) is 2.11. The first-order valence-corrected chi connectivity index (χ1v) is 7.09. The molecule has 8 heteroatoms. The fourth-order valence-electron chi connectivity index (χ4n) is 1.06. The van der Waals surface area contributed by atoms with E-state index in [-0.39, 0.29) is 24.0 Å². The molecule has 94 valence electrons. The third kappa shape index (κ3) is 6.70. The highest BCUT2D eigenvalue weighted by molar-refractivity contribution is 7.88. The molecule has 16 heavy (non-hydrogen) atoms. The predicted octanol–water partition coefficient (Wildman–Crippen LogP) is -1.04. The van der Waals surface area contributed by atoms with Crippen molar-refractivity contribution in [3.05, 3.63) is 0 Å². The van der Waals surface area contributed by atoms with E-state index in [1.807, 2.05) is 0 Å². The van der Waals surface area contributed by atoms with E-state index < -0.39 is 15.9 Å². The Morgan fingerprint density at radius 2 is 2.00 bits per heavy atom. The van der Waals surface area contributed by atoms with Gasteiger partial charge in [0.1, 0.15) is 0 Å². The maximum absolute atomic E-state index is 11.5. The van der Waals surface area contributed by atoms with Crippen molar-refractivity contribution >= 4 is 33.1 Å². The van der Waals surface area contributed by atoms with Crippen LogP contribution in [0.1, 0.15) is 13.3 Å². The van der Waals surface area contributed by atoms with Gasteiger partial charge < -0.3 is 11.1 Å². The van der Waals surface area contributed by atoms with Crippen LogP contribution in [0.4, 0.5) is 0 Å². The molecule has 0 aromatic heterocycles. The molecular formula is C8H17N3O3S2. The number of nitrogens with one attached hydrogen (secondary N) is 2. The summed E-state index contributed by atoms with van der Waals surface area (Å²) in [6.07, 6.45) is 1.58. The molecule has 4 N–H and O–H groups in total. The summed E-state index contributed by atoms with van der Waals surface area (Å²) in [6.45, 7) is 2.17. The predicted molar refractivity (Wildman–Crippen MR) is 66.4 cm³/mol. The molecule has 0 heterocycles. The van der Waals surface area contributed by atoms with Crippen molar-refractivity contribution in [1.82, 2.24) is 10.0 Å². The van der Waals surface area contributed by atoms with Crippen molar-refractivity contribution in [3.8, 4) is 0 Å². The van der Waals surface area contributed by atoms with Crippen LogP contribution < -0.4 is 15.8 Å². The van der Waals surface area contributed by atoms with E-state index in [4.69, 9.17) is 18.0 Å². The molecule has 1 atom stereocenters. The summed E-state index contributed by atoms with van der Waals surface area (Å²) in [7, 11) is -3.22. The zero-order valence-corrected chi connectivity index (χ0v) is 11.0. The number of thiocarbonyl (C=S) groups is 1. The Kier molecular flexibility index (Phi) is 6.46. The summed E-state index contributed by atoms with van der Waals surface area (Å²) in [5.41, 5.74) is 5.38. The Morgan fingerprint density at radius 3 is 2.38 bits per heavy atom. The minimum absolute atomic E-state index is 0.149. The van der Waals surface area contributed by atoms with Crippen LogP contribution in [-0.4, -0.2) is 38.7 Å². The molecule has 0 fully saturated rings. The molecule has 0 bridgehead atoms. The van der Waals surface area contributed by atoms with Crippen molar-refractivity contribution in [2.45, 2.75) is 13.3 Å². The average molecular weight is 267 g/mol. The van der Waals surface area contributed by atoms with Gasteiger partial charge in [-0.2, -0.15) is 0 Å². The zero-order valence-electron chi connectivity index (χ0n) is 9.32. The standard InChI is InChI=1S/C8H17N3O3S2/c1-3-6(7(9)15)8(12)10-4-5-11-16(2,13)14/h6,11H,3-5H2,1-2H3,(H2,9,15)(H,10,12). The van der Waals surface area contributed by atoms with Crippen molar-refractivity contribution < 1.29 is 13.2 Å². The van der Waals surface area contributed by atoms with E-state index in [1.165, 1.54) is 0 Å². The van der Waals surface area contributed by atoms with Crippen LogP contribution >= 0.6 is 12.2 Å². The maximum Gasteiger partial charge on any atom is 0.229 e. The first-order chi connectivity index (χ1) is 7.28. The number of nitrogens with two attached hydrogens (primary N) is 1. The first-order valence-electron chi connectivity index (χ1n) is 4.79. The summed E-state index contributed by atoms with van der Waals surface area (Å²) in [5, 5.41) is 2.55. The lowest BCUT2D eigenvalue weighted by molar-refractivity contribution is -0.123. The van der Waals surface area contributed by atoms with Crippen molar-refractivity contribution in [3.63, 3.8) is 0 Å². The van der Waals surface area contributed by atoms with Crippen molar-refractivity contribution in [1.29, 1.82) is 0 Å². The summed E-state index contributed by atoms with van der Waals surface area (Å²) < 4.78 is 23.7. The molecule has 1 amide bonds. The summed E-state index contributed by atoms with van der Waals surface area (Å²) in [6, 6.07) is 0. The van der Waals surface area contributed by atoms with Gasteiger partial charge in [0.2, 0.25) is 15.9 Å². The maximum atomic E-state index is 11.5. The summed E-state index contributed by atoms with van der Waals surface area (Å²) in [4.78, 5) is 11.6. The van der Waals surface area contributed by atoms with Crippen LogP contribution in [0, 0.1) is 5.92 Å². The second-order valence-corrected chi connectivity index (χ2v) is 5.63. The van der Waals surface area contributed by atoms with Gasteiger partial charge in [-0.15, -0.1) is 0 Å². The van der Waals surface area contributed by atoms with E-state index in [0.29, 0.717) is 6.42 Å². The number of hydrogen-bond acceptors (Lipinski definition) is 4. The SMILES string of the molecule is CCC(C(=O)NCCNS(C)(=O)=O)C(N)=S. The first kappa shape index (κ1) is 15.3. The lowest BCUT2D eigenvalue weighted by Gasteiger charge is -2.13. The highest BCUT2D eigenvalue weighted by Gasteiger charge is 2.18. The molecule has 0 radical (unpaired) electrons. The molecule has 0 rings (SSSR count). The molecular weight excluding hydrogens is 250 g/mol. The van der Waals surface area contributed by atoms with Crippen LogP contribution in [-0.2, 0) is 14.8 Å². The zero-order chi connectivity index (χ0) is 12.8. The van der Waals surface area contributed by atoms with E-state index in [9.17, 15) is 13.2 Å². The Morgan fingerprint density at radius 1 is 1.44 bits per heavy atom. The van der Waals surface area contributed by atoms with Gasteiger partial charge in [0.15, 0.2) is 0 Å². The number of carbonyl (C=O) groups excluding carboxylic acids is 1. The fraction of sp³-hybridized carbons (Fsp3) is 0.750. The molecule has 1 unspecified atom stereocenters. The van der Waals surface area contributed by atoms with Crippen LogP contribution in [0.25, 0.3) is 0 Å². The largest absolute Gasteiger partial charge is 0.393 e. The van der Waals surface area contributed by atoms with E-state index >= 15 is 0 Å². The van der Waals surface area contributed by atoms with Gasteiger partial charge >= 0.3 is 0 Å². The highest BCUT2D eigenvalue weighted by atomic mass is 32.2. The lowest BCUT2D eigenvalue weighted by atomic mass is 10.1. The minimum atomic E-state index is -3.22. The topological polar surface area (TPSA) is 101 Å². The normalized spacial score (nSPS) is 13.1. The summed E-state index contributed by atoms with van der Waals surface area (Å²) in [5.74, 6) is -0.765. The van der Waals surface area contributed by atoms with Gasteiger partial charge in [0.05, 0.1) is 17.2 Å². The Bertz CT molecular complexity index is 354. The van der Waals surface area contributed by atoms with Crippen LogP contribution in [0.15, 0.2) is 0 Å². The van der Waals surface area contributed by atoms with Crippen LogP contribution in [0.5, 0.6) is 0 Å². The molecule has 0 aromatic rings. The van der Waals surface area contributed by atoms with Crippen LogP contribution in [0.2, 0.25) is 0 Å². The number of rotatable bonds is 7. The third-order valence-electron chi connectivity index (χ3n) is 1.86. The second kappa shape index (κ2) is 6.77. The third-order valence-corrected chi connectivity index (χ3v) is 2.87. The fourth-order valence-corrected chi connectivity index (χ4v) is 1.81. The van der Waals surface area contributed by atoms with Crippen molar-refractivity contribution in [2.24, 2.45) is 11.7 Å². The molecule has 0 aromatic carbocycles. The molecule has 0 saturated heterocycles. The highest BCUT2D eigenvalue weighted by Crippen LogP contribution is 2.02. The van der Waals surface area contributed by atoms with E-state index in [2.05, 4.69) is 10.0 Å². The number of carbonyl (C=O) groups is 1. The second-order valence-electron chi connectivity index (χ2n) is 3.32. The van der Waals surface area contributed by atoms with Crippen LogP contribution in [0.3, 0.4) is 0 Å². The monoisotopic (exact) mass is 267 g/mol. The van der Waals surface area contributed by atoms with Gasteiger partial charge in [-0.3, -0.25) is 4.79 Å². The minimum Gasteiger partial charge on any atom is -0.393 e. The van der Waals surface area contributed by atoms with Gasteiger partial charge in [0.25, 0.3) is 0 Å². The van der Waals surface area contributed by atoms with Gasteiger partial charge in [-0.25, -0.2) is 13.1 Å². The number of amides is 1. The number of hydrogen-bond donors (Lipinski definition) is 3. The van der Waals surface area contributed by atoms with Gasteiger partial charge in [-0.1, -0.05) is 19.1 Å². The van der Waals surface area contributed by atoms with E-state index in [0.717, 1.165) is 6.26 Å². The molecule has 0 aliphatic rings. The molecule has 0 aliphatic heterocycles. The Balaban J connectivity index is 3.94. The number of sulfonamides is 1. The smallest absolute Gasteiger partial charge is 0.229 e. The van der Waals surface area contributed by atoms with Gasteiger partial charge in [-0.05, 0) is 6.42 Å². The molecule has 0 aliphatic carbocycles. The summed E-state index contributed by atoms with van der Waals surface area (Å²) >= 11 is 4.74. The van der Waals surface area contributed by atoms with Gasteiger partial charge in [0, 0.05) is 13.1 Å². The quantitative estimate of drug-likeness (QED) is 0.404. The lowest BCUT2D eigenvalue weighted by Crippen LogP contribution is -2.41. The van der Waals surface area contributed by atoms with Crippen molar-refractivity contribution in [2.75, 3.05) is 19.3 Å². The molecule has 0 saturated carbocycles. The Hall–Kier alpha value is -0.730. The van der Waals surface area contributed by atoms with E-state index in [1.54, 1.807) is 6.92 Å². The Labute approximate surface area is 101 Å².